The Morgan fingerprint density at radius 2 is 1.95 bits per heavy atom. The second-order valence-corrected chi connectivity index (χ2v) is 3.94. The maximum Gasteiger partial charge on any atom is 0.337 e. The molecule has 5 heteroatoms. The quantitative estimate of drug-likeness (QED) is 0.438. The van der Waals surface area contributed by atoms with Crippen molar-refractivity contribution in [3.05, 3.63) is 35.4 Å². The number of esters is 1. The van der Waals surface area contributed by atoms with E-state index in [1.165, 1.54) is 13.2 Å². The number of hydrogen-bond donors (Lipinski definition) is 1. The van der Waals surface area contributed by atoms with Crippen LogP contribution in [0.3, 0.4) is 0 Å². The molecule has 0 fully saturated rings. The van der Waals surface area contributed by atoms with Crippen molar-refractivity contribution in [3.63, 3.8) is 0 Å². The Hall–Kier alpha value is -1.72. The third-order valence-electron chi connectivity index (χ3n) is 2.53. The molecule has 104 valence electrons. The Kier molecular flexibility index (Phi) is 6.78. The summed E-state index contributed by atoms with van der Waals surface area (Å²) >= 11 is 0. The number of rotatable bonds is 8. The van der Waals surface area contributed by atoms with Crippen LogP contribution in [0.25, 0.3) is 0 Å². The fraction of sp³-hybridized carbons (Fsp3) is 0.429. The maximum atomic E-state index is 11.9. The van der Waals surface area contributed by atoms with E-state index < -0.39 is 5.97 Å². The summed E-state index contributed by atoms with van der Waals surface area (Å²) in [7, 11) is 1.30. The molecule has 0 saturated heterocycles. The van der Waals surface area contributed by atoms with Crippen LogP contribution in [0.2, 0.25) is 0 Å². The highest BCUT2D eigenvalue weighted by molar-refractivity contribution is 5.99. The molecule has 0 spiro atoms. The Balaban J connectivity index is 2.50. The lowest BCUT2D eigenvalue weighted by atomic mass is 10.0. The van der Waals surface area contributed by atoms with Crippen LogP contribution in [0.15, 0.2) is 24.3 Å². The zero-order valence-corrected chi connectivity index (χ0v) is 10.9. The standard InChI is InChI=1S/C14H18O5/c1-18-14(17)12-5-2-4-11(10-12)13(16)6-3-8-19-9-7-15/h2,4-5,10,15H,3,6-9H2,1H3. The minimum absolute atomic E-state index is 0.0187. The first-order valence-corrected chi connectivity index (χ1v) is 6.09. The number of aliphatic hydroxyl groups excluding tert-OH is 1. The first-order valence-electron chi connectivity index (χ1n) is 6.09. The van der Waals surface area contributed by atoms with Crippen molar-refractivity contribution in [3.8, 4) is 0 Å². The van der Waals surface area contributed by atoms with Gasteiger partial charge in [-0.1, -0.05) is 12.1 Å². The van der Waals surface area contributed by atoms with Crippen molar-refractivity contribution in [2.45, 2.75) is 12.8 Å². The SMILES string of the molecule is COC(=O)c1cccc(C(=O)CCCOCCO)c1. The Bertz CT molecular complexity index is 428. The number of aliphatic hydroxyl groups is 1. The van der Waals surface area contributed by atoms with Crippen molar-refractivity contribution in [1.29, 1.82) is 0 Å². The zero-order chi connectivity index (χ0) is 14.1. The van der Waals surface area contributed by atoms with Gasteiger partial charge in [-0.15, -0.1) is 0 Å². The lowest BCUT2D eigenvalue weighted by molar-refractivity contribution is 0.0600. The number of carbonyl (C=O) groups excluding carboxylic acids is 2. The Morgan fingerprint density at radius 3 is 2.63 bits per heavy atom. The third kappa shape index (κ3) is 5.19. The molecule has 0 aliphatic heterocycles. The van der Waals surface area contributed by atoms with Gasteiger partial charge >= 0.3 is 5.97 Å². The topological polar surface area (TPSA) is 72.8 Å². The highest BCUT2D eigenvalue weighted by atomic mass is 16.5. The summed E-state index contributed by atoms with van der Waals surface area (Å²) < 4.78 is 9.67. The molecular weight excluding hydrogens is 248 g/mol. The summed E-state index contributed by atoms with van der Waals surface area (Å²) in [6.45, 7) is 0.699. The molecule has 0 atom stereocenters. The molecule has 0 amide bonds. The monoisotopic (exact) mass is 266 g/mol. The lowest BCUT2D eigenvalue weighted by Gasteiger charge is -2.04. The van der Waals surface area contributed by atoms with Crippen LogP contribution in [-0.2, 0) is 9.47 Å². The molecule has 0 aliphatic rings. The molecule has 1 rings (SSSR count). The average Bonchev–Trinajstić information content (AvgIpc) is 2.46. The number of ketones is 1. The van der Waals surface area contributed by atoms with E-state index >= 15 is 0 Å². The van der Waals surface area contributed by atoms with Gasteiger partial charge in [-0.3, -0.25) is 4.79 Å². The van der Waals surface area contributed by atoms with Crippen LogP contribution < -0.4 is 0 Å². The van der Waals surface area contributed by atoms with E-state index in [4.69, 9.17) is 9.84 Å². The number of carbonyl (C=O) groups is 2. The van der Waals surface area contributed by atoms with Gasteiger partial charge in [0.05, 0.1) is 25.9 Å². The molecule has 1 aromatic carbocycles. The van der Waals surface area contributed by atoms with Gasteiger partial charge in [0.2, 0.25) is 0 Å². The van der Waals surface area contributed by atoms with E-state index in [-0.39, 0.29) is 19.0 Å². The number of methoxy groups -OCH3 is 1. The second kappa shape index (κ2) is 8.39. The maximum absolute atomic E-state index is 11.9. The molecule has 0 unspecified atom stereocenters. The average molecular weight is 266 g/mol. The van der Waals surface area contributed by atoms with E-state index in [1.54, 1.807) is 18.2 Å². The highest BCUT2D eigenvalue weighted by Gasteiger charge is 2.10. The summed E-state index contributed by atoms with van der Waals surface area (Å²) in [4.78, 5) is 23.2. The normalized spacial score (nSPS) is 10.2. The molecule has 19 heavy (non-hydrogen) atoms. The second-order valence-electron chi connectivity index (χ2n) is 3.94. The molecular formula is C14H18O5. The molecule has 0 saturated carbocycles. The van der Waals surface area contributed by atoms with Gasteiger partial charge in [-0.05, 0) is 18.6 Å². The summed E-state index contributed by atoms with van der Waals surface area (Å²) in [5, 5.41) is 8.52. The lowest BCUT2D eigenvalue weighted by Crippen LogP contribution is -2.06. The molecule has 5 nitrogen and oxygen atoms in total. The number of ether oxygens (including phenoxy) is 2. The van der Waals surface area contributed by atoms with E-state index in [9.17, 15) is 9.59 Å². The van der Waals surface area contributed by atoms with Gasteiger partial charge in [0.1, 0.15) is 0 Å². The zero-order valence-electron chi connectivity index (χ0n) is 10.9. The first-order chi connectivity index (χ1) is 9.19. The summed E-state index contributed by atoms with van der Waals surface area (Å²) in [6.07, 6.45) is 0.928. The fourth-order valence-electron chi connectivity index (χ4n) is 1.58. The predicted octanol–water partition coefficient (Wildman–Crippen LogP) is 1.45. The summed E-state index contributed by atoms with van der Waals surface area (Å²) in [5.74, 6) is -0.501. The molecule has 0 bridgehead atoms. The van der Waals surface area contributed by atoms with Gasteiger partial charge < -0.3 is 14.6 Å². The van der Waals surface area contributed by atoms with Crippen LogP contribution in [0, 0.1) is 0 Å². The van der Waals surface area contributed by atoms with Crippen LogP contribution in [-0.4, -0.2) is 43.8 Å². The van der Waals surface area contributed by atoms with E-state index in [2.05, 4.69) is 4.74 Å². The van der Waals surface area contributed by atoms with Crippen molar-refractivity contribution >= 4 is 11.8 Å². The molecule has 0 aromatic heterocycles. The van der Waals surface area contributed by atoms with E-state index in [1.807, 2.05) is 0 Å². The van der Waals surface area contributed by atoms with Crippen molar-refractivity contribution in [1.82, 2.24) is 0 Å². The van der Waals surface area contributed by atoms with Crippen LogP contribution >= 0.6 is 0 Å². The van der Waals surface area contributed by atoms with Gasteiger partial charge in [0.25, 0.3) is 0 Å². The van der Waals surface area contributed by atoms with Gasteiger partial charge in [-0.2, -0.15) is 0 Å². The molecule has 0 aliphatic carbocycles. The van der Waals surface area contributed by atoms with Crippen molar-refractivity contribution in [2.75, 3.05) is 26.9 Å². The summed E-state index contributed by atoms with van der Waals surface area (Å²) in [5.41, 5.74) is 0.856. The predicted molar refractivity (Wildman–Crippen MR) is 69.3 cm³/mol. The molecule has 0 radical (unpaired) electrons. The Morgan fingerprint density at radius 1 is 1.21 bits per heavy atom. The van der Waals surface area contributed by atoms with Crippen LogP contribution in [0.4, 0.5) is 0 Å². The Labute approximate surface area is 112 Å². The first kappa shape index (κ1) is 15.3. The minimum atomic E-state index is -0.457. The van der Waals surface area contributed by atoms with E-state index in [0.29, 0.717) is 30.6 Å². The van der Waals surface area contributed by atoms with E-state index in [0.717, 1.165) is 0 Å². The van der Waals surface area contributed by atoms with Crippen molar-refractivity contribution in [2.24, 2.45) is 0 Å². The van der Waals surface area contributed by atoms with Crippen LogP contribution in [0.5, 0.6) is 0 Å². The fourth-order valence-corrected chi connectivity index (χ4v) is 1.58. The molecule has 1 N–H and O–H groups in total. The third-order valence-corrected chi connectivity index (χ3v) is 2.53. The van der Waals surface area contributed by atoms with Crippen molar-refractivity contribution < 1.29 is 24.2 Å². The minimum Gasteiger partial charge on any atom is -0.465 e. The van der Waals surface area contributed by atoms with Gasteiger partial charge in [-0.25, -0.2) is 4.79 Å². The number of hydrogen-bond acceptors (Lipinski definition) is 5. The highest BCUT2D eigenvalue weighted by Crippen LogP contribution is 2.10. The molecule has 1 aromatic rings. The summed E-state index contributed by atoms with van der Waals surface area (Å²) in [6, 6.07) is 6.46. The van der Waals surface area contributed by atoms with Crippen LogP contribution in [0.1, 0.15) is 33.6 Å². The smallest absolute Gasteiger partial charge is 0.337 e. The number of benzene rings is 1. The largest absolute Gasteiger partial charge is 0.465 e. The molecule has 0 heterocycles. The van der Waals surface area contributed by atoms with Gasteiger partial charge in [0.15, 0.2) is 5.78 Å². The van der Waals surface area contributed by atoms with Gasteiger partial charge in [0, 0.05) is 18.6 Å². The number of Topliss-reactive ketones (excluding diaryl/α,β-unsaturated/α-hetero) is 1.